The molecule has 0 spiro atoms. The third-order valence-corrected chi connectivity index (χ3v) is 6.66. The van der Waals surface area contributed by atoms with E-state index in [0.29, 0.717) is 25.5 Å². The number of nitrogens with zero attached hydrogens (tertiary/aromatic N) is 1. The number of rotatable bonds is 15. The molecule has 198 valence electrons. The van der Waals surface area contributed by atoms with Gasteiger partial charge in [0.2, 0.25) is 5.82 Å². The fourth-order valence-corrected chi connectivity index (χ4v) is 4.46. The van der Waals surface area contributed by atoms with Gasteiger partial charge in [-0.1, -0.05) is 71.1 Å². The Morgan fingerprint density at radius 2 is 1.43 bits per heavy atom. The van der Waals surface area contributed by atoms with E-state index in [4.69, 9.17) is 4.74 Å². The van der Waals surface area contributed by atoms with Crippen LogP contribution in [0.4, 0.5) is 13.2 Å². The number of ether oxygens (including phenoxy) is 2. The van der Waals surface area contributed by atoms with Crippen LogP contribution in [-0.4, -0.2) is 43.6 Å². The van der Waals surface area contributed by atoms with Gasteiger partial charge in [-0.05, 0) is 25.3 Å². The molecular formula is C27H40F3NO4. The molecule has 1 aliphatic heterocycles. The number of benzene rings is 1. The highest BCUT2D eigenvalue weighted by molar-refractivity contribution is 5.95. The van der Waals surface area contributed by atoms with Crippen LogP contribution in [0.5, 0.6) is 5.75 Å². The van der Waals surface area contributed by atoms with Crippen LogP contribution >= 0.6 is 0 Å². The Morgan fingerprint density at radius 3 is 1.97 bits per heavy atom. The monoisotopic (exact) mass is 499 g/mol. The van der Waals surface area contributed by atoms with E-state index in [0.717, 1.165) is 26.4 Å². The summed E-state index contributed by atoms with van der Waals surface area (Å²) in [6.45, 7) is 3.04. The highest BCUT2D eigenvalue weighted by Gasteiger charge is 2.31. The van der Waals surface area contributed by atoms with Crippen LogP contribution in [0, 0.1) is 23.4 Å². The lowest BCUT2D eigenvalue weighted by Gasteiger charge is -2.31. The van der Waals surface area contributed by atoms with Crippen molar-refractivity contribution in [2.75, 3.05) is 26.8 Å². The Morgan fingerprint density at radius 1 is 0.886 bits per heavy atom. The third-order valence-electron chi connectivity index (χ3n) is 6.66. The molecule has 1 fully saturated rings. The summed E-state index contributed by atoms with van der Waals surface area (Å²) in [7, 11) is 1.00. The number of hydrogen-bond acceptors (Lipinski definition) is 4. The van der Waals surface area contributed by atoms with Gasteiger partial charge < -0.3 is 14.4 Å². The Labute approximate surface area is 207 Å². The minimum Gasteiger partial charge on any atom is -0.491 e. The van der Waals surface area contributed by atoms with Crippen molar-refractivity contribution in [3.8, 4) is 5.75 Å². The molecule has 0 bridgehead atoms. The van der Waals surface area contributed by atoms with E-state index < -0.39 is 34.7 Å². The number of esters is 1. The molecule has 8 heteroatoms. The molecule has 0 atom stereocenters. The molecule has 1 amide bonds. The normalized spacial score (nSPS) is 14.3. The molecule has 0 unspecified atom stereocenters. The molecule has 0 N–H and O–H groups in total. The van der Waals surface area contributed by atoms with Crippen molar-refractivity contribution >= 4 is 11.9 Å². The van der Waals surface area contributed by atoms with Crippen LogP contribution in [-0.2, 0) is 9.53 Å². The third kappa shape index (κ3) is 9.04. The van der Waals surface area contributed by atoms with Crippen molar-refractivity contribution in [2.45, 2.75) is 90.4 Å². The largest absolute Gasteiger partial charge is 0.491 e. The summed E-state index contributed by atoms with van der Waals surface area (Å²) >= 11 is 0. The van der Waals surface area contributed by atoms with Crippen molar-refractivity contribution < 1.29 is 32.2 Å². The maximum atomic E-state index is 14.4. The zero-order valence-electron chi connectivity index (χ0n) is 21.2. The number of carbonyl (C=O) groups excluding carboxylic acids is 2. The first-order chi connectivity index (χ1) is 16.9. The maximum Gasteiger partial charge on any atom is 0.309 e. The van der Waals surface area contributed by atoms with E-state index >= 15 is 0 Å². The van der Waals surface area contributed by atoms with Crippen molar-refractivity contribution in [3.05, 3.63) is 29.1 Å². The van der Waals surface area contributed by atoms with Gasteiger partial charge in [-0.25, -0.2) is 8.78 Å². The molecule has 35 heavy (non-hydrogen) atoms. The average Bonchev–Trinajstić information content (AvgIpc) is 2.86. The molecule has 2 rings (SSSR count). The zero-order chi connectivity index (χ0) is 25.6. The van der Waals surface area contributed by atoms with Gasteiger partial charge in [0.25, 0.3) is 5.91 Å². The number of piperidine rings is 1. The van der Waals surface area contributed by atoms with Crippen molar-refractivity contribution in [2.24, 2.45) is 5.92 Å². The fourth-order valence-electron chi connectivity index (χ4n) is 4.46. The van der Waals surface area contributed by atoms with Crippen LogP contribution in [0.1, 0.15) is 101 Å². The summed E-state index contributed by atoms with van der Waals surface area (Å²) < 4.78 is 51.8. The molecular weight excluding hydrogens is 459 g/mol. The molecule has 0 radical (unpaired) electrons. The molecule has 0 aliphatic carbocycles. The Bertz CT molecular complexity index is 810. The predicted molar refractivity (Wildman–Crippen MR) is 129 cm³/mol. The molecule has 1 aromatic carbocycles. The summed E-state index contributed by atoms with van der Waals surface area (Å²) in [5.41, 5.74) is -0.585. The van der Waals surface area contributed by atoms with Gasteiger partial charge in [-0.3, -0.25) is 9.59 Å². The first-order valence-corrected chi connectivity index (χ1v) is 13.1. The fraction of sp³-hybridized carbons (Fsp3) is 0.704. The van der Waals surface area contributed by atoms with Crippen LogP contribution < -0.4 is 4.74 Å². The number of amides is 1. The molecule has 1 heterocycles. The SMILES string of the molecule is CCCCCCCCCCCCCOC(=O)C1CCN(C(=O)c2cc(F)c(F)c(OC)c2F)CC1. The molecule has 1 saturated heterocycles. The minimum absolute atomic E-state index is 0.206. The van der Waals surface area contributed by atoms with E-state index in [1.807, 2.05) is 0 Å². The van der Waals surface area contributed by atoms with E-state index in [1.54, 1.807) is 0 Å². The van der Waals surface area contributed by atoms with Crippen LogP contribution in [0.3, 0.4) is 0 Å². The quantitative estimate of drug-likeness (QED) is 0.151. The zero-order valence-corrected chi connectivity index (χ0v) is 21.2. The molecule has 1 aliphatic rings. The van der Waals surface area contributed by atoms with Gasteiger partial charge in [0.05, 0.1) is 25.2 Å². The van der Waals surface area contributed by atoms with E-state index in [9.17, 15) is 22.8 Å². The second-order valence-electron chi connectivity index (χ2n) is 9.34. The second-order valence-corrected chi connectivity index (χ2v) is 9.34. The number of carbonyl (C=O) groups is 2. The number of halogens is 3. The van der Waals surface area contributed by atoms with Crippen LogP contribution in [0.15, 0.2) is 6.07 Å². The molecule has 0 aromatic heterocycles. The number of hydrogen-bond donors (Lipinski definition) is 0. The van der Waals surface area contributed by atoms with Gasteiger partial charge in [-0.2, -0.15) is 4.39 Å². The van der Waals surface area contributed by atoms with Crippen molar-refractivity contribution in [1.29, 1.82) is 0 Å². The van der Waals surface area contributed by atoms with E-state index in [2.05, 4.69) is 11.7 Å². The first-order valence-electron chi connectivity index (χ1n) is 13.1. The summed E-state index contributed by atoms with van der Waals surface area (Å²) in [5.74, 6) is -6.33. The summed E-state index contributed by atoms with van der Waals surface area (Å²) in [5, 5.41) is 0. The minimum atomic E-state index is -1.47. The van der Waals surface area contributed by atoms with Crippen LogP contribution in [0.25, 0.3) is 0 Å². The highest BCUT2D eigenvalue weighted by Crippen LogP contribution is 2.29. The Hall–Kier alpha value is -2.25. The topological polar surface area (TPSA) is 55.8 Å². The highest BCUT2D eigenvalue weighted by atomic mass is 19.2. The molecule has 1 aromatic rings. The second kappa shape index (κ2) is 15.7. The van der Waals surface area contributed by atoms with Crippen LogP contribution in [0.2, 0.25) is 0 Å². The molecule has 0 saturated carbocycles. The predicted octanol–water partition coefficient (Wildman–Crippen LogP) is 6.82. The number of unbranched alkanes of at least 4 members (excludes halogenated alkanes) is 10. The van der Waals surface area contributed by atoms with Gasteiger partial charge in [-0.15, -0.1) is 0 Å². The lowest BCUT2D eigenvalue weighted by Crippen LogP contribution is -2.41. The van der Waals surface area contributed by atoms with E-state index in [-0.39, 0.29) is 25.0 Å². The van der Waals surface area contributed by atoms with Gasteiger partial charge in [0.15, 0.2) is 17.4 Å². The first kappa shape index (κ1) is 29.0. The maximum absolute atomic E-state index is 14.4. The standard InChI is InChI=1S/C27H40F3NO4/c1-3-4-5-6-7-8-9-10-11-12-13-18-35-27(33)20-14-16-31(17-15-20)26(32)21-19-22(28)24(30)25(34-2)23(21)29/h19-20H,3-18H2,1-2H3. The van der Waals surface area contributed by atoms with Gasteiger partial charge in [0.1, 0.15) is 0 Å². The van der Waals surface area contributed by atoms with Crippen molar-refractivity contribution in [1.82, 2.24) is 4.90 Å². The van der Waals surface area contributed by atoms with Gasteiger partial charge >= 0.3 is 5.97 Å². The Balaban J connectivity index is 1.62. The molecule has 5 nitrogen and oxygen atoms in total. The lowest BCUT2D eigenvalue weighted by molar-refractivity contribution is -0.150. The Kier molecular flexibility index (Phi) is 13.0. The van der Waals surface area contributed by atoms with Crippen molar-refractivity contribution in [3.63, 3.8) is 0 Å². The number of likely N-dealkylation sites (tertiary alicyclic amines) is 1. The summed E-state index contributed by atoms with van der Waals surface area (Å²) in [4.78, 5) is 26.3. The van der Waals surface area contributed by atoms with Gasteiger partial charge in [0, 0.05) is 13.1 Å². The smallest absolute Gasteiger partial charge is 0.309 e. The summed E-state index contributed by atoms with van der Waals surface area (Å²) in [6, 6.07) is 0.545. The average molecular weight is 500 g/mol. The number of methoxy groups -OCH3 is 1. The lowest BCUT2D eigenvalue weighted by atomic mass is 9.96. The van der Waals surface area contributed by atoms with E-state index in [1.165, 1.54) is 56.3 Å². The summed E-state index contributed by atoms with van der Waals surface area (Å²) in [6.07, 6.45) is 14.2.